The number of hydrogen-bond donors (Lipinski definition) is 3. The summed E-state index contributed by atoms with van der Waals surface area (Å²) in [6.45, 7) is 2.70. The maximum Gasteiger partial charge on any atom is 0.267 e. The molecule has 1 aromatic rings. The Kier molecular flexibility index (Phi) is 4.71. The summed E-state index contributed by atoms with van der Waals surface area (Å²) in [6.07, 6.45) is 3.02. The minimum absolute atomic E-state index is 0.175. The zero-order valence-electron chi connectivity index (χ0n) is 9.62. The van der Waals surface area contributed by atoms with Gasteiger partial charge in [0.1, 0.15) is 10.9 Å². The van der Waals surface area contributed by atoms with E-state index in [1.807, 2.05) is 6.92 Å². The van der Waals surface area contributed by atoms with Crippen LogP contribution in [0.4, 0.5) is 5.82 Å². The highest BCUT2D eigenvalue weighted by molar-refractivity contribution is 6.67. The molecule has 0 unspecified atom stereocenters. The molecule has 0 aliphatic heterocycles. The summed E-state index contributed by atoms with van der Waals surface area (Å²) in [5.41, 5.74) is 0.175. The Morgan fingerprint density at radius 3 is 2.88 bits per heavy atom. The Bertz CT molecular complexity index is 451. The van der Waals surface area contributed by atoms with Gasteiger partial charge in [-0.05, 0) is 6.92 Å². The van der Waals surface area contributed by atoms with Crippen LogP contribution in [-0.2, 0) is 11.3 Å². The zero-order valence-corrected chi connectivity index (χ0v) is 10.4. The third-order valence-corrected chi connectivity index (χ3v) is 2.08. The summed E-state index contributed by atoms with van der Waals surface area (Å²) < 4.78 is 1.72. The van der Waals surface area contributed by atoms with E-state index in [9.17, 15) is 4.79 Å². The third-order valence-electron chi connectivity index (χ3n) is 1.97. The van der Waals surface area contributed by atoms with Crippen LogP contribution >= 0.6 is 11.6 Å². The summed E-state index contributed by atoms with van der Waals surface area (Å²) in [7, 11) is 1.50. The van der Waals surface area contributed by atoms with E-state index in [0.717, 1.165) is 6.54 Å². The van der Waals surface area contributed by atoms with Gasteiger partial charge in [0, 0.05) is 31.9 Å². The largest absolute Gasteiger partial charge is 0.354 e. The molecule has 0 bridgehead atoms. The summed E-state index contributed by atoms with van der Waals surface area (Å²) in [6, 6.07) is 1.73. The van der Waals surface area contributed by atoms with Crippen LogP contribution in [0, 0.1) is 5.41 Å². The SMILES string of the molecule is CCn1ccc(N/C(=C/C(=N)Cl)C(=O)NC)n1. The molecule has 0 aromatic carbocycles. The van der Waals surface area contributed by atoms with E-state index in [0.29, 0.717) is 5.82 Å². The number of aryl methyl sites for hydroxylation is 1. The molecule has 7 heteroatoms. The lowest BCUT2D eigenvalue weighted by molar-refractivity contribution is -0.116. The second-order valence-corrected chi connectivity index (χ2v) is 3.57. The lowest BCUT2D eigenvalue weighted by Gasteiger charge is -2.06. The predicted octanol–water partition coefficient (Wildman–Crippen LogP) is 1.16. The molecule has 3 N–H and O–H groups in total. The van der Waals surface area contributed by atoms with Gasteiger partial charge in [-0.15, -0.1) is 0 Å². The van der Waals surface area contributed by atoms with E-state index >= 15 is 0 Å². The predicted molar refractivity (Wildman–Crippen MR) is 67.3 cm³/mol. The third kappa shape index (κ3) is 3.92. The van der Waals surface area contributed by atoms with Crippen LogP contribution in [0.1, 0.15) is 6.92 Å². The highest BCUT2D eigenvalue weighted by atomic mass is 35.5. The lowest BCUT2D eigenvalue weighted by atomic mass is 10.3. The van der Waals surface area contributed by atoms with E-state index in [1.165, 1.54) is 13.1 Å². The van der Waals surface area contributed by atoms with Crippen molar-refractivity contribution in [3.8, 4) is 0 Å². The molecule has 0 aliphatic rings. The minimum Gasteiger partial charge on any atom is -0.354 e. The fraction of sp³-hybridized carbons (Fsp3) is 0.300. The number of amides is 1. The number of carbonyl (C=O) groups is 1. The van der Waals surface area contributed by atoms with Crippen molar-refractivity contribution in [1.82, 2.24) is 15.1 Å². The molecule has 1 amide bonds. The molecule has 1 heterocycles. The number of carbonyl (C=O) groups excluding carboxylic acids is 1. The zero-order chi connectivity index (χ0) is 12.8. The van der Waals surface area contributed by atoms with Crippen molar-refractivity contribution in [2.45, 2.75) is 13.5 Å². The van der Waals surface area contributed by atoms with Crippen LogP contribution in [-0.4, -0.2) is 27.9 Å². The van der Waals surface area contributed by atoms with Gasteiger partial charge in [0.15, 0.2) is 5.82 Å². The molecule has 92 valence electrons. The van der Waals surface area contributed by atoms with Gasteiger partial charge in [0.05, 0.1) is 0 Å². The fourth-order valence-corrected chi connectivity index (χ4v) is 1.27. The van der Waals surface area contributed by atoms with Crippen molar-refractivity contribution in [3.05, 3.63) is 24.0 Å². The van der Waals surface area contributed by atoms with Gasteiger partial charge in [-0.3, -0.25) is 14.9 Å². The number of anilines is 1. The van der Waals surface area contributed by atoms with Gasteiger partial charge in [-0.1, -0.05) is 11.6 Å². The van der Waals surface area contributed by atoms with Crippen LogP contribution in [0.5, 0.6) is 0 Å². The second-order valence-electron chi connectivity index (χ2n) is 3.17. The highest BCUT2D eigenvalue weighted by Gasteiger charge is 2.09. The summed E-state index contributed by atoms with van der Waals surface area (Å²) in [4.78, 5) is 11.5. The quantitative estimate of drug-likeness (QED) is 0.545. The van der Waals surface area contributed by atoms with Crippen molar-refractivity contribution in [2.24, 2.45) is 0 Å². The number of likely N-dealkylation sites (N-methyl/N-ethyl adjacent to an activating group) is 1. The van der Waals surface area contributed by atoms with Crippen LogP contribution in [0.25, 0.3) is 0 Å². The maximum absolute atomic E-state index is 11.5. The summed E-state index contributed by atoms with van der Waals surface area (Å²) >= 11 is 5.43. The lowest BCUT2D eigenvalue weighted by Crippen LogP contribution is -2.25. The molecule has 1 rings (SSSR count). The first kappa shape index (κ1) is 13.2. The molecule has 0 saturated heterocycles. The van der Waals surface area contributed by atoms with Gasteiger partial charge in [-0.25, -0.2) is 0 Å². The first-order valence-electron chi connectivity index (χ1n) is 5.05. The second kappa shape index (κ2) is 6.05. The first-order valence-corrected chi connectivity index (χ1v) is 5.43. The smallest absolute Gasteiger partial charge is 0.267 e. The minimum atomic E-state index is -0.360. The normalized spacial score (nSPS) is 11.1. The van der Waals surface area contributed by atoms with E-state index in [2.05, 4.69) is 15.7 Å². The van der Waals surface area contributed by atoms with Crippen LogP contribution in [0.3, 0.4) is 0 Å². The molecule has 0 saturated carbocycles. The molecule has 0 fully saturated rings. The molecule has 1 aromatic heterocycles. The van der Waals surface area contributed by atoms with Crippen molar-refractivity contribution in [2.75, 3.05) is 12.4 Å². The number of aromatic nitrogens is 2. The number of allylic oxidation sites excluding steroid dienone is 1. The van der Waals surface area contributed by atoms with Crippen molar-refractivity contribution in [1.29, 1.82) is 5.41 Å². The topological polar surface area (TPSA) is 82.8 Å². The molecule has 0 atom stereocenters. The van der Waals surface area contributed by atoms with Gasteiger partial charge in [-0.2, -0.15) is 5.10 Å². The monoisotopic (exact) mass is 255 g/mol. The molecule has 6 nitrogen and oxygen atoms in total. The number of rotatable bonds is 5. The van der Waals surface area contributed by atoms with Crippen LogP contribution < -0.4 is 10.6 Å². The van der Waals surface area contributed by atoms with Crippen molar-refractivity contribution in [3.63, 3.8) is 0 Å². The summed E-state index contributed by atoms with van der Waals surface area (Å²) in [5, 5.41) is 16.3. The van der Waals surface area contributed by atoms with Crippen LogP contribution in [0.15, 0.2) is 24.0 Å². The van der Waals surface area contributed by atoms with E-state index < -0.39 is 0 Å². The van der Waals surface area contributed by atoms with Crippen LogP contribution in [0.2, 0.25) is 0 Å². The van der Waals surface area contributed by atoms with Gasteiger partial charge < -0.3 is 10.6 Å². The molecule has 0 spiro atoms. The Hall–Kier alpha value is -1.82. The Balaban J connectivity index is 2.86. The van der Waals surface area contributed by atoms with Gasteiger partial charge in [0.25, 0.3) is 5.91 Å². The number of hydrogen-bond acceptors (Lipinski definition) is 4. The van der Waals surface area contributed by atoms with E-state index in [4.69, 9.17) is 17.0 Å². The molecule has 0 radical (unpaired) electrons. The molecule has 17 heavy (non-hydrogen) atoms. The first-order chi connectivity index (χ1) is 8.06. The van der Waals surface area contributed by atoms with E-state index in [-0.39, 0.29) is 16.8 Å². The molecule has 0 aliphatic carbocycles. The molecular formula is C10H14ClN5O. The number of halogens is 1. The van der Waals surface area contributed by atoms with E-state index in [1.54, 1.807) is 16.9 Å². The summed E-state index contributed by atoms with van der Waals surface area (Å²) in [5.74, 6) is 0.168. The van der Waals surface area contributed by atoms with Gasteiger partial charge >= 0.3 is 0 Å². The Morgan fingerprint density at radius 1 is 1.71 bits per heavy atom. The highest BCUT2D eigenvalue weighted by Crippen LogP contribution is 2.07. The maximum atomic E-state index is 11.5. The average molecular weight is 256 g/mol. The molecular weight excluding hydrogens is 242 g/mol. The Labute approximate surface area is 104 Å². The average Bonchev–Trinajstić information content (AvgIpc) is 2.74. The standard InChI is InChI=1S/C10H14ClN5O/c1-3-16-5-4-9(15-16)14-7(6-8(11)12)10(17)13-2/h4-6,12H,3H2,1-2H3,(H,13,17)(H,14,15)/b7-6+,12-8?. The fourth-order valence-electron chi connectivity index (χ4n) is 1.16. The number of nitrogens with one attached hydrogen (secondary N) is 3. The Morgan fingerprint density at radius 2 is 2.41 bits per heavy atom. The van der Waals surface area contributed by atoms with Crippen molar-refractivity contribution < 1.29 is 4.79 Å². The number of nitrogens with zero attached hydrogens (tertiary/aromatic N) is 2. The van der Waals surface area contributed by atoms with Gasteiger partial charge in [0.2, 0.25) is 0 Å². The van der Waals surface area contributed by atoms with Crippen molar-refractivity contribution >= 4 is 28.5 Å².